The van der Waals surface area contributed by atoms with Gasteiger partial charge >= 0.3 is 0 Å². The molecule has 1 saturated carbocycles. The lowest BCUT2D eigenvalue weighted by Crippen LogP contribution is -2.91. The molecule has 2 aromatic rings. The summed E-state index contributed by atoms with van der Waals surface area (Å²) in [5.41, 5.74) is 2.60. The van der Waals surface area contributed by atoms with Gasteiger partial charge in [0.25, 0.3) is 0 Å². The second kappa shape index (κ2) is 10.4. The number of piperidine rings is 1. The van der Waals surface area contributed by atoms with Crippen molar-refractivity contribution in [3.8, 4) is 5.75 Å². The van der Waals surface area contributed by atoms with Gasteiger partial charge in [0.15, 0.2) is 0 Å². The molecule has 3 fully saturated rings. The molecule has 198 valence electrons. The Hall–Kier alpha value is -2.44. The number of quaternary nitrogens is 2. The van der Waals surface area contributed by atoms with Crippen LogP contribution in [0.2, 0.25) is 0 Å². The van der Waals surface area contributed by atoms with Crippen LogP contribution in [-0.4, -0.2) is 50.1 Å². The number of likely N-dealkylation sites (tertiary alicyclic amines) is 1. The highest BCUT2D eigenvalue weighted by Gasteiger charge is 2.58. The number of carbonyl (C=O) groups excluding carboxylic acids is 1. The van der Waals surface area contributed by atoms with Crippen molar-refractivity contribution < 1.29 is 24.6 Å². The fraction of sp³-hybridized carbons (Fsp3) is 0.581. The van der Waals surface area contributed by atoms with Crippen molar-refractivity contribution in [2.45, 2.75) is 68.9 Å². The maximum Gasteiger partial charge on any atom is 0.233 e. The van der Waals surface area contributed by atoms with E-state index in [2.05, 4.69) is 45.9 Å². The molecule has 0 bridgehead atoms. The Morgan fingerprint density at radius 3 is 2.59 bits per heavy atom. The van der Waals surface area contributed by atoms with Gasteiger partial charge in [-0.25, -0.2) is 4.39 Å². The number of rotatable bonds is 4. The van der Waals surface area contributed by atoms with Gasteiger partial charge in [0.1, 0.15) is 29.4 Å². The lowest BCUT2D eigenvalue weighted by Gasteiger charge is -2.47. The largest absolute Gasteiger partial charge is 0.496 e. The Kier molecular flexibility index (Phi) is 6.97. The SMILES string of the molecule is COc1ccc(F)c2c1C[NH2+]C[C@]21C[NH2+]C[C@H]1C(=O)N1CC[C@@H](c2ccccc2)C[C@H]1C1CCCCC1. The third-order valence-corrected chi connectivity index (χ3v) is 10.1. The number of benzene rings is 2. The quantitative estimate of drug-likeness (QED) is 0.669. The van der Waals surface area contributed by atoms with Crippen molar-refractivity contribution in [3.63, 3.8) is 0 Å². The normalized spacial score (nSPS) is 30.3. The van der Waals surface area contributed by atoms with Gasteiger partial charge in [-0.3, -0.25) is 4.79 Å². The van der Waals surface area contributed by atoms with Crippen LogP contribution in [0.3, 0.4) is 0 Å². The van der Waals surface area contributed by atoms with E-state index in [1.807, 2.05) is 0 Å². The topological polar surface area (TPSA) is 62.8 Å². The zero-order valence-corrected chi connectivity index (χ0v) is 22.1. The van der Waals surface area contributed by atoms with Crippen LogP contribution < -0.4 is 15.4 Å². The molecule has 0 radical (unpaired) electrons. The van der Waals surface area contributed by atoms with E-state index in [4.69, 9.17) is 4.74 Å². The molecular formula is C31H42FN3O2+2. The third-order valence-electron chi connectivity index (χ3n) is 10.1. The number of fused-ring (bicyclic) bond motifs is 2. The van der Waals surface area contributed by atoms with Gasteiger partial charge in [-0.2, -0.15) is 0 Å². The van der Waals surface area contributed by atoms with Crippen LogP contribution in [0.4, 0.5) is 4.39 Å². The molecule has 0 aromatic heterocycles. The standard InChI is InChI=1S/C31H40FN3O2/c1-37-28-13-12-26(32)29-24(28)17-33-19-31(29)20-34-18-25(31)30(36)35-15-14-23(21-8-4-2-5-9-21)16-27(35)22-10-6-3-7-11-22/h2,4-5,8-9,12-13,22-23,25,27,33-34H,3,6-7,10-11,14-20H2,1H3/p+2/t23-,25+,27+,31-/m1/s1. The number of hydrogen-bond acceptors (Lipinski definition) is 2. The molecule has 4 aliphatic rings. The van der Waals surface area contributed by atoms with E-state index < -0.39 is 5.41 Å². The Bertz CT molecular complexity index is 1120. The van der Waals surface area contributed by atoms with Gasteiger partial charge in [0.2, 0.25) is 5.91 Å². The summed E-state index contributed by atoms with van der Waals surface area (Å²) in [5, 5.41) is 4.50. The molecule has 2 aromatic carbocycles. The summed E-state index contributed by atoms with van der Waals surface area (Å²) >= 11 is 0. The summed E-state index contributed by atoms with van der Waals surface area (Å²) in [4.78, 5) is 16.9. The lowest BCUT2D eigenvalue weighted by molar-refractivity contribution is -0.691. The maximum absolute atomic E-state index is 15.6. The number of carbonyl (C=O) groups is 1. The molecule has 5 nitrogen and oxygen atoms in total. The smallest absolute Gasteiger partial charge is 0.233 e. The van der Waals surface area contributed by atoms with Crippen molar-refractivity contribution in [1.29, 1.82) is 0 Å². The minimum Gasteiger partial charge on any atom is -0.496 e. The van der Waals surface area contributed by atoms with E-state index in [0.717, 1.165) is 55.9 Å². The Labute approximate surface area is 220 Å². The molecule has 4 N–H and O–H groups in total. The van der Waals surface area contributed by atoms with E-state index in [9.17, 15) is 4.79 Å². The molecule has 3 heterocycles. The predicted molar refractivity (Wildman–Crippen MR) is 141 cm³/mol. The van der Waals surface area contributed by atoms with Gasteiger partial charge in [-0.05, 0) is 55.2 Å². The minimum atomic E-state index is -0.489. The van der Waals surface area contributed by atoms with Crippen LogP contribution >= 0.6 is 0 Å². The number of methoxy groups -OCH3 is 1. The maximum atomic E-state index is 15.6. The second-order valence-corrected chi connectivity index (χ2v) is 11.9. The van der Waals surface area contributed by atoms with Crippen LogP contribution in [-0.2, 0) is 16.8 Å². The highest BCUT2D eigenvalue weighted by Crippen LogP contribution is 2.44. The van der Waals surface area contributed by atoms with Crippen molar-refractivity contribution in [1.82, 2.24) is 4.90 Å². The monoisotopic (exact) mass is 507 g/mol. The summed E-state index contributed by atoms with van der Waals surface area (Å²) in [6.07, 6.45) is 8.36. The highest BCUT2D eigenvalue weighted by atomic mass is 19.1. The van der Waals surface area contributed by atoms with E-state index in [0.29, 0.717) is 18.4 Å². The van der Waals surface area contributed by atoms with Crippen molar-refractivity contribution in [3.05, 3.63) is 65.0 Å². The van der Waals surface area contributed by atoms with Gasteiger partial charge in [0.05, 0.1) is 32.3 Å². The molecular weight excluding hydrogens is 465 g/mol. The van der Waals surface area contributed by atoms with Crippen LogP contribution in [0.1, 0.15) is 67.6 Å². The van der Waals surface area contributed by atoms with E-state index >= 15 is 4.39 Å². The molecule has 6 heteroatoms. The number of nitrogens with two attached hydrogens (primary N) is 2. The number of nitrogens with zero attached hydrogens (tertiary/aromatic N) is 1. The fourth-order valence-corrected chi connectivity index (χ4v) is 8.29. The molecule has 37 heavy (non-hydrogen) atoms. The van der Waals surface area contributed by atoms with Crippen LogP contribution in [0, 0.1) is 17.7 Å². The molecule has 3 aliphatic heterocycles. The van der Waals surface area contributed by atoms with Gasteiger partial charge < -0.3 is 20.3 Å². The first-order chi connectivity index (χ1) is 18.1. The van der Waals surface area contributed by atoms with Crippen LogP contribution in [0.25, 0.3) is 0 Å². The minimum absolute atomic E-state index is 0.177. The molecule has 2 saturated heterocycles. The first kappa shape index (κ1) is 24.9. The van der Waals surface area contributed by atoms with Crippen molar-refractivity contribution in [2.24, 2.45) is 11.8 Å². The third kappa shape index (κ3) is 4.36. The Morgan fingerprint density at radius 1 is 1.03 bits per heavy atom. The molecule has 1 amide bonds. The number of ether oxygens (including phenoxy) is 1. The zero-order chi connectivity index (χ0) is 25.4. The molecule has 6 rings (SSSR count). The average Bonchev–Trinajstić information content (AvgIpc) is 3.37. The Balaban J connectivity index is 1.33. The van der Waals surface area contributed by atoms with Crippen molar-refractivity contribution in [2.75, 3.05) is 33.3 Å². The van der Waals surface area contributed by atoms with Gasteiger partial charge in [-0.1, -0.05) is 49.6 Å². The molecule has 0 unspecified atom stereocenters. The zero-order valence-electron chi connectivity index (χ0n) is 22.1. The summed E-state index contributed by atoms with van der Waals surface area (Å²) in [6.45, 7) is 3.76. The summed E-state index contributed by atoms with van der Waals surface area (Å²) in [6, 6.07) is 14.4. The highest BCUT2D eigenvalue weighted by molar-refractivity contribution is 5.82. The molecule has 1 spiro atoms. The first-order valence-electron chi connectivity index (χ1n) is 14.5. The molecule has 4 atom stereocenters. The number of halogens is 1. The average molecular weight is 508 g/mol. The second-order valence-electron chi connectivity index (χ2n) is 11.9. The van der Waals surface area contributed by atoms with Gasteiger partial charge in [-0.15, -0.1) is 0 Å². The number of hydrogen-bond donors (Lipinski definition) is 2. The van der Waals surface area contributed by atoms with Crippen LogP contribution in [0.15, 0.2) is 42.5 Å². The first-order valence-corrected chi connectivity index (χ1v) is 14.5. The molecule has 1 aliphatic carbocycles. The van der Waals surface area contributed by atoms with Gasteiger partial charge in [0, 0.05) is 18.2 Å². The fourth-order valence-electron chi connectivity index (χ4n) is 8.29. The summed E-state index contributed by atoms with van der Waals surface area (Å²) in [5.74, 6) is 1.71. The van der Waals surface area contributed by atoms with Crippen molar-refractivity contribution >= 4 is 5.91 Å². The summed E-state index contributed by atoms with van der Waals surface area (Å²) in [7, 11) is 1.66. The van der Waals surface area contributed by atoms with Crippen LogP contribution in [0.5, 0.6) is 5.75 Å². The number of amides is 1. The van der Waals surface area contributed by atoms with E-state index in [-0.39, 0.29) is 23.7 Å². The Morgan fingerprint density at radius 2 is 1.81 bits per heavy atom. The van der Waals surface area contributed by atoms with E-state index in [1.54, 1.807) is 19.2 Å². The lowest BCUT2D eigenvalue weighted by atomic mass is 9.67. The van der Waals surface area contributed by atoms with E-state index in [1.165, 1.54) is 37.7 Å². The summed E-state index contributed by atoms with van der Waals surface area (Å²) < 4.78 is 21.2. The predicted octanol–water partition coefficient (Wildman–Crippen LogP) is 2.70.